The third-order valence-electron chi connectivity index (χ3n) is 7.48. The van der Waals surface area contributed by atoms with E-state index < -0.39 is 72.8 Å². The molecule has 1 unspecified atom stereocenters. The summed E-state index contributed by atoms with van der Waals surface area (Å²) in [7, 11) is 0. The van der Waals surface area contributed by atoms with Crippen LogP contribution in [-0.4, -0.2) is 92.8 Å². The molecule has 224 valence electrons. The highest BCUT2D eigenvalue weighted by Gasteiger charge is 2.50. The van der Waals surface area contributed by atoms with E-state index in [2.05, 4.69) is 6.58 Å². The standard InChI is InChI=1S/C29H30O13/c1-2-16-17-6-7-38-26(36)19(17)12-39-28(16)42-29-25(24(35)23(34)21(11-30)40-29)41-27(37)22-18(9-15(32)10-20(22)33)13-4-3-5-14(31)8-13/h2-5,8-10,12,16-17,21,23-25,28-35H,1,6-7,11H2/t16-,17?,21-,23-,24+,25-,28+,29+/m1/s1/i1+1,2+1,3+1,4+1,5+1,6+1,8+1,9+1,10+1,11+1,12+1,13+1,15+1,16+1,17+1,18+1,19+1,20+1,21+1,22+1,23+1,25+1,26+1,27+1,28+1,29+1. The molecule has 0 amide bonds. The van der Waals surface area contributed by atoms with E-state index in [4.69, 9.17) is 23.7 Å². The van der Waals surface area contributed by atoms with Crippen LogP contribution in [0.5, 0.6) is 17.2 Å². The summed E-state index contributed by atoms with van der Waals surface area (Å²) in [6.07, 6.45) is -6.13. The fourth-order valence-corrected chi connectivity index (χ4v) is 5.36. The van der Waals surface area contributed by atoms with Crippen molar-refractivity contribution in [1.29, 1.82) is 0 Å². The lowest BCUT2D eigenvalue weighted by molar-refractivity contribution is -0.338. The van der Waals surface area contributed by atoms with E-state index in [0.29, 0.717) is 12.0 Å². The molecule has 3 heterocycles. The molecule has 5 rings (SSSR count). The molecule has 13 nitrogen and oxygen atoms in total. The quantitative estimate of drug-likeness (QED) is 0.147. The number of hydrogen-bond donors (Lipinski definition) is 6. The summed E-state index contributed by atoms with van der Waals surface area (Å²) in [4.78, 5) is 25.7. The maximum Gasteiger partial charge on any atom is 0.343 e. The van der Waals surface area contributed by atoms with Gasteiger partial charge in [0.05, 0.1) is 25.0 Å². The van der Waals surface area contributed by atoms with Crippen molar-refractivity contribution >= 4 is 11.9 Å². The molecule has 0 spiro atoms. The van der Waals surface area contributed by atoms with Gasteiger partial charge in [0.1, 0.15) is 41.1 Å². The lowest BCUT2D eigenvalue weighted by atomic mass is 10.6. The molecule has 3 aliphatic rings. The number of carbonyl (C=O) groups excluding carboxylic acids is 2. The number of hydrogen-bond acceptors (Lipinski definition) is 13. The number of esters is 2. The second-order valence-corrected chi connectivity index (χ2v) is 10.1. The highest BCUT2D eigenvalue weighted by Crippen LogP contribution is 2.40. The van der Waals surface area contributed by atoms with Crippen LogP contribution in [0.1, 0.15) is 16.8 Å². The van der Waals surface area contributed by atoms with Gasteiger partial charge < -0.3 is 54.3 Å². The molecule has 2 aromatic rings. The lowest BCUT2D eigenvalue weighted by Crippen LogP contribution is -2.61. The number of carbonyl (C=O) groups is 2. The lowest BCUT2D eigenvalue weighted by Gasteiger charge is -2.44. The van der Waals surface area contributed by atoms with Gasteiger partial charge in [-0.3, -0.25) is 0 Å². The zero-order chi connectivity index (χ0) is 30.1. The Hall–Kier alpha value is -4.14. The Labute approximate surface area is 239 Å². The zero-order valence-electron chi connectivity index (χ0n) is 22.1. The third kappa shape index (κ3) is 5.52. The fourth-order valence-electron chi connectivity index (χ4n) is 5.36. The van der Waals surface area contributed by atoms with Gasteiger partial charge in [-0.1, -0.05) is 18.2 Å². The van der Waals surface area contributed by atoms with E-state index in [1.807, 2.05) is 0 Å². The molecule has 2 saturated heterocycles. The number of phenolic OH excluding ortho intramolecular Hbond substituents is 3. The first-order chi connectivity index (χ1) is 20.1. The van der Waals surface area contributed by atoms with E-state index >= 15 is 0 Å². The van der Waals surface area contributed by atoms with E-state index in [1.165, 1.54) is 42.7 Å². The molecular weight excluding hydrogens is 582 g/mol. The number of rotatable bonds is 7. The first kappa shape index (κ1) is 29.4. The maximum atomic E-state index is 13.5. The molecule has 2 aromatic carbocycles. The average Bonchev–Trinajstić information content (AvgIpc) is 2.96. The Morgan fingerprint density at radius 3 is 2.57 bits per heavy atom. The number of phenols is 3. The number of ether oxygens (including phenoxy) is 5. The number of aliphatic hydroxyl groups excluding tert-OH is 3. The van der Waals surface area contributed by atoms with Crippen LogP contribution < -0.4 is 0 Å². The van der Waals surface area contributed by atoms with Gasteiger partial charge in [0, 0.05) is 23.5 Å². The third-order valence-corrected chi connectivity index (χ3v) is 7.48. The SMILES string of the molecule is [13CH2]=[13CH][13C@@H]1[13CH]2[13CH2]CO[13C](=O)[13C]2=[13CH]O[13C@H]1O[13C@@H]1O[13C@H]([13CH2]O)[13C@@H](O)[C@H](O)[13C@H]1O[13C](=O)[13c]1[13c](O)[13cH][13c](O)[13cH][13c]1-[13c]1[13cH][13cH][13cH]c(O)[13cH]1. The number of aliphatic hydroxyl groups is 3. The van der Waals surface area contributed by atoms with E-state index in [9.17, 15) is 40.2 Å². The molecule has 0 radical (unpaired) electrons. The molecule has 0 bridgehead atoms. The van der Waals surface area contributed by atoms with Crippen LogP contribution >= 0.6 is 0 Å². The molecule has 3 aliphatic heterocycles. The van der Waals surface area contributed by atoms with E-state index in [1.54, 1.807) is 0 Å². The first-order valence-corrected chi connectivity index (χ1v) is 13.1. The van der Waals surface area contributed by atoms with Gasteiger partial charge in [-0.15, -0.1) is 6.58 Å². The van der Waals surface area contributed by atoms with Gasteiger partial charge in [0.25, 0.3) is 0 Å². The summed E-state index contributed by atoms with van der Waals surface area (Å²) in [6.45, 7) is 3.27. The number of fused-ring (bicyclic) bond motifs is 1. The second kappa shape index (κ2) is 12.0. The van der Waals surface area contributed by atoms with E-state index in [-0.39, 0.29) is 35.2 Å². The van der Waals surface area contributed by atoms with Gasteiger partial charge in [0.2, 0.25) is 12.6 Å². The van der Waals surface area contributed by atoms with Crippen LogP contribution in [0.15, 0.2) is 60.9 Å². The van der Waals surface area contributed by atoms with Gasteiger partial charge in [0.15, 0.2) is 6.10 Å². The van der Waals surface area contributed by atoms with Crippen LogP contribution in [-0.2, 0) is 28.5 Å². The summed E-state index contributed by atoms with van der Waals surface area (Å²) >= 11 is 0. The summed E-state index contributed by atoms with van der Waals surface area (Å²) in [5.74, 6) is -3.88. The van der Waals surface area contributed by atoms with Gasteiger partial charge in [-0.2, -0.15) is 0 Å². The molecular formula is C29H30O13. The predicted molar refractivity (Wildman–Crippen MR) is 141 cm³/mol. The summed E-state index contributed by atoms with van der Waals surface area (Å²) in [6, 6.07) is 7.77. The van der Waals surface area contributed by atoms with Crippen LogP contribution in [0.2, 0.25) is 0 Å². The molecule has 0 aliphatic carbocycles. The highest BCUT2D eigenvalue weighted by atomic mass is 17.0. The predicted octanol–water partition coefficient (Wildman–Crippen LogP) is 1.06. The smallest absolute Gasteiger partial charge is 0.343 e. The van der Waals surface area contributed by atoms with Crippen molar-refractivity contribution in [2.24, 2.45) is 11.8 Å². The fraction of sp³-hybridized carbons (Fsp3) is 0.379. The largest absolute Gasteiger partial charge is 0.508 e. The van der Waals surface area contributed by atoms with Crippen molar-refractivity contribution in [3.63, 3.8) is 0 Å². The molecule has 6 N–H and O–H groups in total. The summed E-state index contributed by atoms with van der Waals surface area (Å²) < 4.78 is 27.9. The second-order valence-electron chi connectivity index (χ2n) is 10.1. The van der Waals surface area contributed by atoms with Crippen molar-refractivity contribution in [1.82, 2.24) is 0 Å². The summed E-state index contributed by atoms with van der Waals surface area (Å²) in [5, 5.41) is 61.9. The maximum absolute atomic E-state index is 13.5. The van der Waals surface area contributed by atoms with Crippen LogP contribution in [0.25, 0.3) is 11.1 Å². The van der Waals surface area contributed by atoms with Crippen molar-refractivity contribution in [2.75, 3.05) is 13.2 Å². The molecule has 8 atom stereocenters. The molecule has 42 heavy (non-hydrogen) atoms. The molecule has 13 heteroatoms. The minimum absolute atomic E-state index is 0.00458. The van der Waals surface area contributed by atoms with Crippen molar-refractivity contribution < 1.29 is 63.9 Å². The van der Waals surface area contributed by atoms with Crippen LogP contribution in [0, 0.1) is 11.8 Å². The Kier molecular flexibility index (Phi) is 8.38. The van der Waals surface area contributed by atoms with Crippen molar-refractivity contribution in [3.05, 3.63) is 66.5 Å². The Morgan fingerprint density at radius 2 is 1.86 bits per heavy atom. The van der Waals surface area contributed by atoms with Gasteiger partial charge in [-0.05, 0) is 30.2 Å². The van der Waals surface area contributed by atoms with Crippen LogP contribution in [0.3, 0.4) is 0 Å². The Morgan fingerprint density at radius 1 is 1.07 bits per heavy atom. The highest BCUT2D eigenvalue weighted by molar-refractivity contribution is 6.00. The minimum Gasteiger partial charge on any atom is -0.508 e. The molecule has 0 saturated carbocycles. The van der Waals surface area contributed by atoms with Crippen LogP contribution in [0.4, 0.5) is 0 Å². The van der Waals surface area contributed by atoms with Gasteiger partial charge in [-0.25, -0.2) is 9.59 Å². The normalized spacial score (nSPS) is 30.7. The Balaban J connectivity index is 1.46. The van der Waals surface area contributed by atoms with Crippen molar-refractivity contribution in [2.45, 2.75) is 43.4 Å². The molecule has 0 aromatic heterocycles. The zero-order valence-corrected chi connectivity index (χ0v) is 22.1. The van der Waals surface area contributed by atoms with E-state index in [0.717, 1.165) is 6.07 Å². The average molecular weight is 612 g/mol. The number of benzene rings is 2. The minimum atomic E-state index is -1.82. The van der Waals surface area contributed by atoms with Gasteiger partial charge >= 0.3 is 11.9 Å². The Bertz CT molecular complexity index is 1390. The monoisotopic (exact) mass is 612 g/mol. The molecule has 2 fully saturated rings. The number of cyclic esters (lactones) is 1. The van der Waals surface area contributed by atoms with Crippen molar-refractivity contribution in [3.8, 4) is 28.4 Å². The first-order valence-electron chi connectivity index (χ1n) is 13.1. The summed E-state index contributed by atoms with van der Waals surface area (Å²) in [5.41, 5.74) is 0.119. The topological polar surface area (TPSA) is 202 Å². The number of aromatic hydroxyl groups is 3.